The van der Waals surface area contributed by atoms with Gasteiger partial charge in [0, 0.05) is 90.6 Å². The molecule has 0 spiro atoms. The number of unbranched alkanes of at least 4 members (excludes halogenated alkanes) is 2. The summed E-state index contributed by atoms with van der Waals surface area (Å²) >= 11 is 0. The van der Waals surface area contributed by atoms with Gasteiger partial charge in [-0.15, -0.1) is 0 Å². The third-order valence-corrected chi connectivity index (χ3v) is 22.6. The predicted octanol–water partition coefficient (Wildman–Crippen LogP) is -1.99. The summed E-state index contributed by atoms with van der Waals surface area (Å²) < 4.78 is 178. The smallest absolute Gasteiger partial charge is 0.748 e. The van der Waals surface area contributed by atoms with Gasteiger partial charge in [0.1, 0.15) is 22.4 Å². The van der Waals surface area contributed by atoms with E-state index in [4.69, 9.17) is 28.4 Å². The Hall–Kier alpha value is -3.47. The van der Waals surface area contributed by atoms with Gasteiger partial charge in [-0.25, -0.2) is 21.6 Å². The SMILES string of the molecule is COCCOCCOCCOCCOCCN1C(=CC=CC2=[N+](CCCCCC(=O)CCCNC(=O)c3ccc(C(=O)OC)c(P(c4ccccc4)c4ccccc4)c3)c3ccc(S(=O)(=O)[O-])cc3C2(C)CCCS(=O)(=O)[O-])C(C)(CCCS(=O)(=O)O)c2cc(S(=O)(=O)O)ccc21.[Na+].[Na+].[Na+]. The number of hydrogen-bond donors (Lipinski definition) is 3. The molecule has 0 radical (unpaired) electrons. The maximum Gasteiger partial charge on any atom is 1.00 e. The molecule has 5 aromatic rings. The van der Waals surface area contributed by atoms with Crippen LogP contribution >= 0.6 is 7.92 Å². The van der Waals surface area contributed by atoms with Crippen LogP contribution in [0.4, 0.5) is 11.4 Å². The average Bonchev–Trinajstić information content (AvgIpc) is 1.58. The third-order valence-electron chi connectivity index (χ3n) is 16.9. The fourth-order valence-corrected chi connectivity index (χ4v) is 16.6. The zero-order valence-corrected chi connectivity index (χ0v) is 68.0. The number of carbonyl (C=O) groups is 3. The first-order valence-corrected chi connectivity index (χ1v) is 39.1. The van der Waals surface area contributed by atoms with Crippen molar-refractivity contribution in [1.82, 2.24) is 5.32 Å². The van der Waals surface area contributed by atoms with E-state index in [1.807, 2.05) is 70.1 Å². The quantitative estimate of drug-likeness (QED) is 0.00951. The van der Waals surface area contributed by atoms with Crippen molar-refractivity contribution in [2.45, 2.75) is 98.7 Å². The van der Waals surface area contributed by atoms with E-state index in [0.717, 1.165) is 10.6 Å². The van der Waals surface area contributed by atoms with E-state index in [2.05, 4.69) is 5.32 Å². The molecule has 2 atom stereocenters. The minimum atomic E-state index is -5.02. The van der Waals surface area contributed by atoms with Gasteiger partial charge in [-0.3, -0.25) is 18.7 Å². The van der Waals surface area contributed by atoms with Crippen LogP contribution in [0.5, 0.6) is 0 Å². The Morgan fingerprint density at radius 3 is 1.75 bits per heavy atom. The number of rotatable bonds is 42. The molecular weight excluding hydrogens is 1420 g/mol. The van der Waals surface area contributed by atoms with Gasteiger partial charge in [-0.2, -0.15) is 21.4 Å². The molecule has 7 rings (SSSR count). The molecule has 5 aromatic carbocycles. The number of benzene rings is 5. The van der Waals surface area contributed by atoms with Crippen LogP contribution in [0.1, 0.15) is 110 Å². The summed E-state index contributed by atoms with van der Waals surface area (Å²) in [6, 6.07) is 32.3. The Bertz CT molecular complexity index is 4080. The van der Waals surface area contributed by atoms with Gasteiger partial charge in [0.2, 0.25) is 5.69 Å². The normalized spacial score (nSPS) is 16.4. The predicted molar refractivity (Wildman–Crippen MR) is 366 cm³/mol. The molecular formula is C68H85N3Na3O21PS4+2. The fraction of sp³-hybridized carbons (Fsp3) is 0.441. The summed E-state index contributed by atoms with van der Waals surface area (Å²) in [6.45, 7) is 6.92. The van der Waals surface area contributed by atoms with E-state index < -0.39 is 86.5 Å². The molecule has 2 aliphatic rings. The molecule has 0 saturated heterocycles. The number of ether oxygens (including phenoxy) is 6. The molecule has 528 valence electrons. The number of nitrogens with one attached hydrogen (secondary N) is 1. The van der Waals surface area contributed by atoms with E-state index in [0.29, 0.717) is 109 Å². The summed E-state index contributed by atoms with van der Waals surface area (Å²) in [4.78, 5) is 41.1. The zero-order chi connectivity index (χ0) is 70.4. The molecule has 0 aromatic heterocycles. The topological polar surface area (TPSA) is 348 Å². The molecule has 3 N–H and O–H groups in total. The van der Waals surface area contributed by atoms with Gasteiger partial charge < -0.3 is 47.7 Å². The standard InChI is InChI=1S/C68H86N3O21PS4.3Na/c1-67(32-16-46-94(75,76)77)58-49-55(96(81,82)83)27-30-60(58)70(35-13-7-8-18-52(72)19-15-34-69-65(73)51-26-29-57(66(74)88-4)62(48-51)93(53-20-9-5-10-21-53)54-22-11-6-12-23-54)63(67)24-14-25-64-68(2,33-17-47-95(78,79)80)59-50-56(97(84,85)86)28-31-61(59)71(64)36-37-89-40-41-91-44-45-92-43-42-90-39-38-87-3;;;/h5-6,9-12,14,20-31,48-50H,7-8,13,15-19,32-47H2,1-4H3,(H4-,69,73,75,76,77,78,79,80,81,82,83,84,85,86);;;/q;3*+1/p-1. The second kappa shape index (κ2) is 42.0. The van der Waals surface area contributed by atoms with Gasteiger partial charge in [0.25, 0.3) is 26.1 Å². The molecule has 2 unspecified atom stereocenters. The molecule has 1 amide bonds. The molecule has 2 heterocycles. The third kappa shape index (κ3) is 25.9. The minimum absolute atomic E-state index is 0. The number of ketones is 1. The van der Waals surface area contributed by atoms with Gasteiger partial charge in [-0.05, 0) is 137 Å². The number of hydrogen-bond acceptors (Lipinski definition) is 20. The van der Waals surface area contributed by atoms with Crippen LogP contribution < -0.4 is 115 Å². The van der Waals surface area contributed by atoms with Gasteiger partial charge in [0.15, 0.2) is 5.71 Å². The fourth-order valence-electron chi connectivity index (χ4n) is 12.1. The van der Waals surface area contributed by atoms with Crippen molar-refractivity contribution in [3.05, 3.63) is 161 Å². The van der Waals surface area contributed by atoms with Gasteiger partial charge in [0.05, 0.1) is 103 Å². The summed E-state index contributed by atoms with van der Waals surface area (Å²) in [5, 5.41) is 5.51. The number of methoxy groups -OCH3 is 2. The van der Waals surface area contributed by atoms with Crippen molar-refractivity contribution in [2.75, 3.05) is 110 Å². The number of esters is 1. The van der Waals surface area contributed by atoms with Crippen molar-refractivity contribution >= 4 is 99.1 Å². The maximum atomic E-state index is 13.7. The molecule has 100 heavy (non-hydrogen) atoms. The second-order valence-electron chi connectivity index (χ2n) is 23.7. The van der Waals surface area contributed by atoms with Crippen LogP contribution in [0.15, 0.2) is 149 Å². The van der Waals surface area contributed by atoms with Crippen molar-refractivity contribution < 1.29 is 188 Å². The van der Waals surface area contributed by atoms with E-state index in [9.17, 15) is 66.3 Å². The number of fused-ring (bicyclic) bond motifs is 2. The van der Waals surface area contributed by atoms with Gasteiger partial charge in [-0.1, -0.05) is 66.7 Å². The summed E-state index contributed by atoms with van der Waals surface area (Å²) in [5.41, 5.74) is 1.01. The number of Topliss-reactive ketones (excluding diaryl/α,β-unsaturated/α-hetero) is 1. The van der Waals surface area contributed by atoms with Crippen LogP contribution in [0.2, 0.25) is 0 Å². The monoisotopic (exact) mass is 1510 g/mol. The van der Waals surface area contributed by atoms with Crippen LogP contribution in [0, 0.1) is 0 Å². The molecule has 32 heteroatoms. The molecule has 2 aliphatic heterocycles. The maximum absolute atomic E-state index is 13.7. The Labute approximate surface area is 655 Å². The van der Waals surface area contributed by atoms with E-state index in [-0.39, 0.29) is 185 Å². The molecule has 0 fully saturated rings. The largest absolute Gasteiger partial charge is 1.00 e. The van der Waals surface area contributed by atoms with Crippen LogP contribution in [-0.2, 0) is 84.5 Å². The molecule has 0 aliphatic carbocycles. The molecule has 24 nitrogen and oxygen atoms in total. The first kappa shape index (κ1) is 88.9. The van der Waals surface area contributed by atoms with E-state index in [1.54, 1.807) is 57.4 Å². The van der Waals surface area contributed by atoms with Crippen molar-refractivity contribution in [2.24, 2.45) is 0 Å². The first-order chi connectivity index (χ1) is 46.1. The zero-order valence-electron chi connectivity index (χ0n) is 57.8. The van der Waals surface area contributed by atoms with Gasteiger partial charge >= 0.3 is 94.6 Å². The Kier molecular flexibility index (Phi) is 37.4. The van der Waals surface area contributed by atoms with E-state index in [1.165, 1.54) is 43.5 Å². The molecule has 0 bridgehead atoms. The van der Waals surface area contributed by atoms with Crippen LogP contribution in [0.3, 0.4) is 0 Å². The van der Waals surface area contributed by atoms with Crippen molar-refractivity contribution in [3.8, 4) is 0 Å². The van der Waals surface area contributed by atoms with E-state index >= 15 is 0 Å². The number of anilines is 1. The van der Waals surface area contributed by atoms with Crippen LogP contribution in [-0.4, -0.2) is 185 Å². The number of nitrogens with zero attached hydrogens (tertiary/aromatic N) is 2. The first-order valence-electron chi connectivity index (χ1n) is 31.7. The van der Waals surface area contributed by atoms with Crippen molar-refractivity contribution in [3.63, 3.8) is 0 Å². The Balaban J connectivity index is 0.00000707. The Morgan fingerprint density at radius 2 is 1.18 bits per heavy atom. The molecule has 0 saturated carbocycles. The summed E-state index contributed by atoms with van der Waals surface area (Å²) in [7, 11) is -17.4. The number of carbonyl (C=O) groups excluding carboxylic acids is 3. The summed E-state index contributed by atoms with van der Waals surface area (Å²) in [5.74, 6) is -2.35. The van der Waals surface area contributed by atoms with Crippen molar-refractivity contribution in [1.29, 1.82) is 0 Å². The number of amides is 1. The summed E-state index contributed by atoms with van der Waals surface area (Å²) in [6.07, 6.45) is 7.10. The average molecular weight is 1510 g/mol. The number of allylic oxidation sites excluding steroid dienone is 4. The Morgan fingerprint density at radius 1 is 0.620 bits per heavy atom. The minimum Gasteiger partial charge on any atom is -0.748 e. The van der Waals surface area contributed by atoms with Crippen LogP contribution in [0.25, 0.3) is 0 Å². The second-order valence-corrected chi connectivity index (χ2v) is 31.8.